The molecule has 4 heteroatoms. The monoisotopic (exact) mass is 264 g/mol. The Morgan fingerprint density at radius 1 is 1.16 bits per heavy atom. The predicted octanol–water partition coefficient (Wildman–Crippen LogP) is 1.97. The lowest BCUT2D eigenvalue weighted by Crippen LogP contribution is -2.47. The van der Waals surface area contributed by atoms with Gasteiger partial charge in [-0.1, -0.05) is 6.58 Å². The first-order chi connectivity index (χ1) is 9.20. The van der Waals surface area contributed by atoms with Gasteiger partial charge in [-0.15, -0.1) is 0 Å². The van der Waals surface area contributed by atoms with E-state index in [4.69, 9.17) is 14.2 Å². The van der Waals surface area contributed by atoms with Crippen molar-refractivity contribution in [3.8, 4) is 0 Å². The lowest BCUT2D eigenvalue weighted by molar-refractivity contribution is -0.166. The maximum absolute atomic E-state index is 11.7. The lowest BCUT2D eigenvalue weighted by atomic mass is 9.69. The van der Waals surface area contributed by atoms with E-state index in [9.17, 15) is 4.79 Å². The number of carbonyl (C=O) groups is 1. The zero-order chi connectivity index (χ0) is 13.0. The fourth-order valence-electron chi connectivity index (χ4n) is 4.11. The average molecular weight is 264 g/mol. The predicted molar refractivity (Wildman–Crippen MR) is 67.5 cm³/mol. The van der Waals surface area contributed by atoms with Crippen LogP contribution in [0.2, 0.25) is 0 Å². The molecule has 0 amide bonds. The number of hydrogen-bond donors (Lipinski definition) is 0. The molecule has 2 aliphatic carbocycles. The molecule has 2 saturated heterocycles. The summed E-state index contributed by atoms with van der Waals surface area (Å²) in [4.78, 5) is 11.7. The van der Waals surface area contributed by atoms with Crippen LogP contribution in [0.5, 0.6) is 0 Å². The van der Waals surface area contributed by atoms with Crippen LogP contribution in [0.3, 0.4) is 0 Å². The van der Waals surface area contributed by atoms with Crippen molar-refractivity contribution in [2.75, 3.05) is 0 Å². The normalized spacial score (nSPS) is 50.6. The van der Waals surface area contributed by atoms with E-state index in [2.05, 4.69) is 6.58 Å². The fraction of sp³-hybridized carbons (Fsp3) is 0.800. The SMILES string of the molecule is C=CC(=O)OC1(C2CCC3OC3C2)CCC2OC2C1. The van der Waals surface area contributed by atoms with Crippen molar-refractivity contribution in [2.24, 2.45) is 5.92 Å². The quantitative estimate of drug-likeness (QED) is 0.444. The van der Waals surface area contributed by atoms with Crippen LogP contribution in [0.25, 0.3) is 0 Å². The molecular weight excluding hydrogens is 244 g/mol. The summed E-state index contributed by atoms with van der Waals surface area (Å²) in [5, 5.41) is 0. The van der Waals surface area contributed by atoms with E-state index in [1.807, 2.05) is 0 Å². The van der Waals surface area contributed by atoms with Gasteiger partial charge in [-0.2, -0.15) is 0 Å². The molecule has 2 saturated carbocycles. The van der Waals surface area contributed by atoms with Crippen LogP contribution < -0.4 is 0 Å². The second kappa shape index (κ2) is 4.06. The van der Waals surface area contributed by atoms with Gasteiger partial charge in [0.25, 0.3) is 0 Å². The Morgan fingerprint density at radius 3 is 2.68 bits per heavy atom. The Labute approximate surface area is 113 Å². The van der Waals surface area contributed by atoms with Crippen LogP contribution in [-0.2, 0) is 19.0 Å². The minimum absolute atomic E-state index is 0.294. The summed E-state index contributed by atoms with van der Waals surface area (Å²) >= 11 is 0. The zero-order valence-corrected chi connectivity index (χ0v) is 11.0. The van der Waals surface area contributed by atoms with Crippen LogP contribution in [0.15, 0.2) is 12.7 Å². The molecular formula is C15H20O4. The number of ether oxygens (including phenoxy) is 3. The van der Waals surface area contributed by atoms with Gasteiger partial charge in [0.1, 0.15) is 5.60 Å². The highest BCUT2D eigenvalue weighted by molar-refractivity contribution is 5.81. The fourth-order valence-corrected chi connectivity index (χ4v) is 4.11. The number of hydrogen-bond acceptors (Lipinski definition) is 4. The average Bonchev–Trinajstić information content (AvgIpc) is 3.31. The van der Waals surface area contributed by atoms with Crippen molar-refractivity contribution in [1.29, 1.82) is 0 Å². The molecule has 0 aromatic carbocycles. The van der Waals surface area contributed by atoms with Crippen LogP contribution in [0.4, 0.5) is 0 Å². The molecule has 0 aromatic heterocycles. The summed E-state index contributed by atoms with van der Waals surface area (Å²) < 4.78 is 17.1. The van der Waals surface area contributed by atoms with Gasteiger partial charge < -0.3 is 14.2 Å². The molecule has 0 aromatic rings. The smallest absolute Gasteiger partial charge is 0.330 e. The molecule has 4 rings (SSSR count). The van der Waals surface area contributed by atoms with Crippen molar-refractivity contribution in [3.05, 3.63) is 12.7 Å². The van der Waals surface area contributed by atoms with Crippen molar-refractivity contribution in [1.82, 2.24) is 0 Å². The van der Waals surface area contributed by atoms with E-state index < -0.39 is 0 Å². The molecule has 4 nitrogen and oxygen atoms in total. The first-order valence-corrected chi connectivity index (χ1v) is 7.36. The van der Waals surface area contributed by atoms with Crippen LogP contribution >= 0.6 is 0 Å². The van der Waals surface area contributed by atoms with Crippen molar-refractivity contribution in [3.63, 3.8) is 0 Å². The van der Waals surface area contributed by atoms with E-state index in [0.29, 0.717) is 30.3 Å². The van der Waals surface area contributed by atoms with Gasteiger partial charge >= 0.3 is 5.97 Å². The van der Waals surface area contributed by atoms with Gasteiger partial charge in [0.15, 0.2) is 0 Å². The number of esters is 1. The molecule has 4 aliphatic rings. The lowest BCUT2D eigenvalue weighted by Gasteiger charge is -2.42. The highest BCUT2D eigenvalue weighted by atomic mass is 16.6. The van der Waals surface area contributed by atoms with E-state index >= 15 is 0 Å². The standard InChI is InChI=1S/C15H20O4/c1-2-14(16)19-15(6-5-11-13(8-15)18-11)9-3-4-10-12(7-9)17-10/h2,9-13H,1,3-8H2. The molecule has 0 N–H and O–H groups in total. The third kappa shape index (κ3) is 2.01. The Bertz CT molecular complexity index is 420. The number of carbonyl (C=O) groups excluding carboxylic acids is 1. The van der Waals surface area contributed by atoms with Crippen molar-refractivity contribution < 1.29 is 19.0 Å². The molecule has 4 fully saturated rings. The Kier molecular flexibility index (Phi) is 2.55. The van der Waals surface area contributed by atoms with E-state index in [0.717, 1.165) is 38.5 Å². The van der Waals surface area contributed by atoms with Gasteiger partial charge in [-0.3, -0.25) is 0 Å². The third-order valence-corrected chi connectivity index (χ3v) is 5.31. The molecule has 2 aliphatic heterocycles. The molecule has 104 valence electrons. The molecule has 0 spiro atoms. The molecule has 0 radical (unpaired) electrons. The molecule has 0 bridgehead atoms. The maximum atomic E-state index is 11.7. The first-order valence-electron chi connectivity index (χ1n) is 7.36. The summed E-state index contributed by atoms with van der Waals surface area (Å²) in [6, 6.07) is 0. The largest absolute Gasteiger partial charge is 0.456 e. The number of fused-ring (bicyclic) bond motifs is 2. The van der Waals surface area contributed by atoms with E-state index in [-0.39, 0.29) is 11.6 Å². The minimum Gasteiger partial charge on any atom is -0.456 e. The Balaban J connectivity index is 1.55. The summed E-state index contributed by atoms with van der Waals surface area (Å²) in [7, 11) is 0. The molecule has 2 heterocycles. The second-order valence-corrected chi connectivity index (χ2v) is 6.37. The summed E-state index contributed by atoms with van der Waals surface area (Å²) in [6.45, 7) is 3.52. The van der Waals surface area contributed by atoms with Gasteiger partial charge in [0.2, 0.25) is 0 Å². The van der Waals surface area contributed by atoms with Gasteiger partial charge in [0.05, 0.1) is 24.4 Å². The summed E-state index contributed by atoms with van der Waals surface area (Å²) in [5.74, 6) is 0.128. The van der Waals surface area contributed by atoms with Crippen LogP contribution in [0.1, 0.15) is 38.5 Å². The van der Waals surface area contributed by atoms with Crippen LogP contribution in [-0.4, -0.2) is 36.0 Å². The van der Waals surface area contributed by atoms with E-state index in [1.54, 1.807) is 0 Å². The molecule has 6 atom stereocenters. The highest BCUT2D eigenvalue weighted by Gasteiger charge is 2.58. The second-order valence-electron chi connectivity index (χ2n) is 6.37. The number of rotatable bonds is 3. The highest BCUT2D eigenvalue weighted by Crippen LogP contribution is 2.52. The molecule has 19 heavy (non-hydrogen) atoms. The van der Waals surface area contributed by atoms with Gasteiger partial charge in [0, 0.05) is 18.4 Å². The topological polar surface area (TPSA) is 51.4 Å². The molecule has 6 unspecified atom stereocenters. The zero-order valence-electron chi connectivity index (χ0n) is 11.0. The maximum Gasteiger partial charge on any atom is 0.330 e. The minimum atomic E-state index is -0.333. The van der Waals surface area contributed by atoms with Crippen LogP contribution in [0, 0.1) is 5.92 Å². The third-order valence-electron chi connectivity index (χ3n) is 5.31. The van der Waals surface area contributed by atoms with Crippen molar-refractivity contribution in [2.45, 2.75) is 68.5 Å². The summed E-state index contributed by atoms with van der Waals surface area (Å²) in [5.41, 5.74) is -0.333. The Morgan fingerprint density at radius 2 is 1.95 bits per heavy atom. The van der Waals surface area contributed by atoms with Gasteiger partial charge in [-0.25, -0.2) is 4.79 Å². The first kappa shape index (κ1) is 11.9. The van der Waals surface area contributed by atoms with Gasteiger partial charge in [-0.05, 0) is 32.1 Å². The van der Waals surface area contributed by atoms with Crippen molar-refractivity contribution >= 4 is 5.97 Å². The van der Waals surface area contributed by atoms with E-state index in [1.165, 1.54) is 6.08 Å². The summed E-state index contributed by atoms with van der Waals surface area (Å²) in [6.07, 6.45) is 8.95. The number of epoxide rings is 2. The Hall–Kier alpha value is -0.870.